The molecule has 0 spiro atoms. The number of carbonyl (C=O) groups is 1. The normalized spacial score (nSPS) is 17.9. The van der Waals surface area contributed by atoms with Gasteiger partial charge in [0.15, 0.2) is 18.2 Å². The lowest BCUT2D eigenvalue weighted by Crippen LogP contribution is -2.29. The number of Topliss-reactive ketones (excluding diaryl/α,β-unsaturated/α-hetero) is 1. The molecule has 1 fully saturated rings. The summed E-state index contributed by atoms with van der Waals surface area (Å²) in [5.41, 5.74) is 3.62. The van der Waals surface area contributed by atoms with Gasteiger partial charge in [0.2, 0.25) is 0 Å². The SMILES string of the molecule is C[n+]1cc(/C=C2/CC/C(=C/c3ccc(Cl)[n+](C)c3)C2=O)ccc1Cl. The highest BCUT2D eigenvalue weighted by Crippen LogP contribution is 2.29. The Kier molecular flexibility index (Phi) is 4.83. The quantitative estimate of drug-likeness (QED) is 0.457. The van der Waals surface area contributed by atoms with Gasteiger partial charge in [-0.3, -0.25) is 4.79 Å². The van der Waals surface area contributed by atoms with Gasteiger partial charge in [-0.2, -0.15) is 9.13 Å². The van der Waals surface area contributed by atoms with Gasteiger partial charge in [-0.25, -0.2) is 0 Å². The van der Waals surface area contributed by atoms with Gasteiger partial charge in [0.1, 0.15) is 14.1 Å². The van der Waals surface area contributed by atoms with Crippen LogP contribution in [0.1, 0.15) is 24.0 Å². The van der Waals surface area contributed by atoms with Crippen LogP contribution in [0.15, 0.2) is 47.8 Å². The van der Waals surface area contributed by atoms with Crippen LogP contribution in [0.4, 0.5) is 0 Å². The second-order valence-electron chi connectivity index (χ2n) is 5.96. The van der Waals surface area contributed by atoms with Gasteiger partial charge in [-0.15, -0.1) is 0 Å². The highest BCUT2D eigenvalue weighted by Gasteiger charge is 2.23. The predicted octanol–water partition coefficient (Wildman–Crippen LogP) is 3.47. The first-order valence-electron chi connectivity index (χ1n) is 7.70. The summed E-state index contributed by atoms with van der Waals surface area (Å²) < 4.78 is 3.66. The Hall–Kier alpha value is -1.97. The average Bonchev–Trinajstić information content (AvgIpc) is 2.88. The number of ketones is 1. The Bertz CT molecular complexity index is 813. The number of nitrogens with zero attached hydrogens (tertiary/aromatic N) is 2. The number of aromatic nitrogens is 2. The summed E-state index contributed by atoms with van der Waals surface area (Å²) in [7, 11) is 3.76. The van der Waals surface area contributed by atoms with E-state index in [1.165, 1.54) is 0 Å². The maximum absolute atomic E-state index is 12.6. The minimum absolute atomic E-state index is 0.116. The fraction of sp³-hybridized carbons (Fsp3) is 0.211. The summed E-state index contributed by atoms with van der Waals surface area (Å²) in [6.07, 6.45) is 9.25. The molecule has 0 unspecified atom stereocenters. The molecule has 0 atom stereocenters. The van der Waals surface area contributed by atoms with Crippen molar-refractivity contribution in [3.05, 3.63) is 69.2 Å². The van der Waals surface area contributed by atoms with Crippen LogP contribution in [-0.2, 0) is 18.9 Å². The monoisotopic (exact) mass is 360 g/mol. The van der Waals surface area contributed by atoms with Gasteiger partial charge >= 0.3 is 0 Å². The molecular weight excluding hydrogens is 343 g/mol. The first-order chi connectivity index (χ1) is 11.4. The third-order valence-electron chi connectivity index (χ3n) is 4.11. The molecule has 0 N–H and O–H groups in total. The predicted molar refractivity (Wildman–Crippen MR) is 95.5 cm³/mol. The van der Waals surface area contributed by atoms with Crippen LogP contribution in [0.3, 0.4) is 0 Å². The van der Waals surface area contributed by atoms with Crippen molar-refractivity contribution in [2.24, 2.45) is 14.1 Å². The zero-order valence-electron chi connectivity index (χ0n) is 13.6. The second-order valence-corrected chi connectivity index (χ2v) is 6.73. The van der Waals surface area contributed by atoms with E-state index in [2.05, 4.69) is 0 Å². The van der Waals surface area contributed by atoms with Crippen LogP contribution >= 0.6 is 23.2 Å². The molecule has 2 aromatic heterocycles. The van der Waals surface area contributed by atoms with Crippen LogP contribution in [-0.4, -0.2) is 5.78 Å². The van der Waals surface area contributed by atoms with Crippen molar-refractivity contribution >= 4 is 41.1 Å². The fourth-order valence-electron chi connectivity index (χ4n) is 2.77. The second kappa shape index (κ2) is 6.88. The van der Waals surface area contributed by atoms with Crippen molar-refractivity contribution in [2.45, 2.75) is 12.8 Å². The summed E-state index contributed by atoms with van der Waals surface area (Å²) in [6.45, 7) is 0. The van der Waals surface area contributed by atoms with Crippen molar-refractivity contribution in [1.82, 2.24) is 0 Å². The van der Waals surface area contributed by atoms with E-state index in [9.17, 15) is 4.79 Å². The van der Waals surface area contributed by atoms with Gasteiger partial charge in [0.05, 0.1) is 0 Å². The first-order valence-corrected chi connectivity index (χ1v) is 8.46. The maximum Gasteiger partial charge on any atom is 0.274 e. The summed E-state index contributed by atoms with van der Waals surface area (Å²) in [5.74, 6) is 0.116. The number of allylic oxidation sites excluding steroid dienone is 2. The molecule has 2 aromatic rings. The number of rotatable bonds is 2. The van der Waals surface area contributed by atoms with Crippen LogP contribution < -0.4 is 9.13 Å². The molecule has 1 aliphatic carbocycles. The van der Waals surface area contributed by atoms with Gasteiger partial charge in [-0.1, -0.05) is 0 Å². The Labute approximate surface area is 151 Å². The van der Waals surface area contributed by atoms with Crippen molar-refractivity contribution in [3.8, 4) is 0 Å². The van der Waals surface area contributed by atoms with E-state index in [1.54, 1.807) is 0 Å². The van der Waals surface area contributed by atoms with Gasteiger partial charge in [0, 0.05) is 34.4 Å². The lowest BCUT2D eigenvalue weighted by Gasteiger charge is -1.98. The van der Waals surface area contributed by atoms with Crippen LogP contribution in [0, 0.1) is 0 Å². The van der Waals surface area contributed by atoms with E-state index in [4.69, 9.17) is 23.2 Å². The molecule has 0 bridgehead atoms. The molecule has 0 radical (unpaired) electrons. The largest absolute Gasteiger partial charge is 0.289 e. The number of hydrogen-bond acceptors (Lipinski definition) is 1. The maximum atomic E-state index is 12.6. The average molecular weight is 361 g/mol. The molecule has 3 nitrogen and oxygen atoms in total. The summed E-state index contributed by atoms with van der Waals surface area (Å²) in [5, 5.41) is 1.32. The van der Waals surface area contributed by atoms with Crippen molar-refractivity contribution in [3.63, 3.8) is 0 Å². The lowest BCUT2D eigenvalue weighted by atomic mass is 10.1. The molecule has 0 amide bonds. The van der Waals surface area contributed by atoms with Crippen molar-refractivity contribution < 1.29 is 13.9 Å². The third kappa shape index (κ3) is 3.58. The molecule has 1 aliphatic rings. The van der Waals surface area contributed by atoms with Crippen LogP contribution in [0.5, 0.6) is 0 Å². The molecule has 0 saturated heterocycles. The number of aryl methyl sites for hydroxylation is 2. The fourth-order valence-corrected chi connectivity index (χ4v) is 3.00. The molecular formula is C19H18Cl2N2O+2. The molecule has 5 heteroatoms. The van der Waals surface area contributed by atoms with Gasteiger partial charge < -0.3 is 0 Å². The van der Waals surface area contributed by atoms with Crippen LogP contribution in [0.25, 0.3) is 12.2 Å². The zero-order valence-corrected chi connectivity index (χ0v) is 15.1. The Morgan fingerprint density at radius 2 is 1.25 bits per heavy atom. The molecule has 122 valence electrons. The van der Waals surface area contributed by atoms with E-state index in [-0.39, 0.29) is 5.78 Å². The molecule has 2 heterocycles. The topological polar surface area (TPSA) is 24.8 Å². The molecule has 3 rings (SSSR count). The third-order valence-corrected chi connectivity index (χ3v) is 4.90. The van der Waals surface area contributed by atoms with E-state index in [0.717, 1.165) is 35.1 Å². The van der Waals surface area contributed by atoms with E-state index in [1.807, 2.05) is 72.0 Å². The Balaban J connectivity index is 1.86. The van der Waals surface area contributed by atoms with E-state index in [0.29, 0.717) is 10.3 Å². The summed E-state index contributed by atoms with van der Waals surface area (Å²) >= 11 is 12.0. The Morgan fingerprint density at radius 1 is 0.833 bits per heavy atom. The standard InChI is InChI=1S/C19H18Cl2N2O/c1-22-11-13(3-7-17(22)20)9-15-5-6-16(19(15)24)10-14-4-8-18(21)23(2)12-14/h3-4,7-12H,5-6H2,1-2H3/q+2/b15-9-,16-10-. The minimum Gasteiger partial charge on any atom is -0.289 e. The zero-order chi connectivity index (χ0) is 17.3. The van der Waals surface area contributed by atoms with E-state index >= 15 is 0 Å². The molecule has 1 saturated carbocycles. The Morgan fingerprint density at radius 3 is 1.62 bits per heavy atom. The highest BCUT2D eigenvalue weighted by molar-refractivity contribution is 6.28. The number of carbonyl (C=O) groups excluding carboxylic acids is 1. The van der Waals surface area contributed by atoms with Crippen molar-refractivity contribution in [2.75, 3.05) is 0 Å². The van der Waals surface area contributed by atoms with E-state index < -0.39 is 0 Å². The molecule has 24 heavy (non-hydrogen) atoms. The summed E-state index contributed by atoms with van der Waals surface area (Å²) in [6, 6.07) is 7.50. The summed E-state index contributed by atoms with van der Waals surface area (Å²) in [4.78, 5) is 12.6. The van der Waals surface area contributed by atoms with Crippen LogP contribution in [0.2, 0.25) is 10.3 Å². The number of hydrogen-bond donors (Lipinski definition) is 0. The first kappa shape index (κ1) is 16.9. The van der Waals surface area contributed by atoms with Gasteiger partial charge in [0.25, 0.3) is 10.3 Å². The lowest BCUT2D eigenvalue weighted by molar-refractivity contribution is -0.669. The van der Waals surface area contributed by atoms with Crippen molar-refractivity contribution in [1.29, 1.82) is 0 Å². The smallest absolute Gasteiger partial charge is 0.274 e. The number of pyridine rings is 2. The number of halogens is 2. The van der Waals surface area contributed by atoms with Gasteiger partial charge in [-0.05, 0) is 60.3 Å². The molecule has 0 aliphatic heterocycles. The minimum atomic E-state index is 0.116. The highest BCUT2D eigenvalue weighted by atomic mass is 35.5. The molecule has 0 aromatic carbocycles.